The highest BCUT2D eigenvalue weighted by Crippen LogP contribution is 2.18. The maximum Gasteiger partial charge on any atom is 0.161 e. The van der Waals surface area contributed by atoms with Crippen molar-refractivity contribution < 1.29 is 15.0 Å². The standard InChI is InChI=1S/C19H26N4O3/c20-18-14-17(26)6-7-19(18)22-16-4-2-15(3-5-16)21-8-1-9-23(10-12-24)11-13-25/h2-7,20-21,24-25H,1,8-14H2. The first-order valence-electron chi connectivity index (χ1n) is 8.78. The van der Waals surface area contributed by atoms with E-state index >= 15 is 0 Å². The second-order valence-corrected chi connectivity index (χ2v) is 6.07. The molecule has 0 saturated heterocycles. The van der Waals surface area contributed by atoms with E-state index in [4.69, 9.17) is 15.6 Å². The Labute approximate surface area is 153 Å². The summed E-state index contributed by atoms with van der Waals surface area (Å²) >= 11 is 0. The number of benzene rings is 1. The van der Waals surface area contributed by atoms with Crippen molar-refractivity contribution in [1.82, 2.24) is 4.90 Å². The smallest absolute Gasteiger partial charge is 0.161 e. The molecule has 0 amide bonds. The fourth-order valence-electron chi connectivity index (χ4n) is 2.65. The summed E-state index contributed by atoms with van der Waals surface area (Å²) in [4.78, 5) is 17.7. The summed E-state index contributed by atoms with van der Waals surface area (Å²) in [5, 5.41) is 29.1. The van der Waals surface area contributed by atoms with Crippen molar-refractivity contribution in [2.45, 2.75) is 12.8 Å². The van der Waals surface area contributed by atoms with E-state index in [2.05, 4.69) is 10.3 Å². The molecular weight excluding hydrogens is 332 g/mol. The first-order valence-corrected chi connectivity index (χ1v) is 8.78. The van der Waals surface area contributed by atoms with Crippen LogP contribution in [0.4, 0.5) is 11.4 Å². The largest absolute Gasteiger partial charge is 0.395 e. The van der Waals surface area contributed by atoms with Crippen molar-refractivity contribution in [3.8, 4) is 0 Å². The summed E-state index contributed by atoms with van der Waals surface area (Å²) in [6.45, 7) is 2.94. The van der Waals surface area contributed by atoms with Crippen LogP contribution in [0.3, 0.4) is 0 Å². The number of nitrogens with one attached hydrogen (secondary N) is 2. The van der Waals surface area contributed by atoms with Crippen molar-refractivity contribution in [3.63, 3.8) is 0 Å². The van der Waals surface area contributed by atoms with Gasteiger partial charge in [-0.2, -0.15) is 0 Å². The summed E-state index contributed by atoms with van der Waals surface area (Å²) < 4.78 is 0. The Morgan fingerprint density at radius 3 is 2.38 bits per heavy atom. The van der Waals surface area contributed by atoms with Crippen LogP contribution in [0.1, 0.15) is 12.8 Å². The molecule has 1 aromatic rings. The van der Waals surface area contributed by atoms with Gasteiger partial charge in [0.25, 0.3) is 0 Å². The molecule has 0 aliphatic heterocycles. The topological polar surface area (TPSA) is 109 Å². The third-order valence-electron chi connectivity index (χ3n) is 4.02. The molecule has 0 saturated carbocycles. The van der Waals surface area contributed by atoms with E-state index in [0.717, 1.165) is 30.9 Å². The average Bonchev–Trinajstić information content (AvgIpc) is 2.62. The molecule has 1 aromatic carbocycles. The Bertz CT molecular complexity index is 662. The summed E-state index contributed by atoms with van der Waals surface area (Å²) in [6.07, 6.45) is 4.06. The van der Waals surface area contributed by atoms with E-state index in [0.29, 0.717) is 18.8 Å². The lowest BCUT2D eigenvalue weighted by Crippen LogP contribution is -2.31. The van der Waals surface area contributed by atoms with Crippen molar-refractivity contribution in [1.29, 1.82) is 5.41 Å². The van der Waals surface area contributed by atoms with E-state index < -0.39 is 0 Å². The van der Waals surface area contributed by atoms with Gasteiger partial charge in [-0.1, -0.05) is 0 Å². The van der Waals surface area contributed by atoms with E-state index in [9.17, 15) is 4.79 Å². The Kier molecular flexibility index (Phi) is 8.14. The van der Waals surface area contributed by atoms with Crippen molar-refractivity contribution in [2.75, 3.05) is 44.7 Å². The summed E-state index contributed by atoms with van der Waals surface area (Å²) in [6, 6.07) is 7.60. The molecule has 0 heterocycles. The number of hydrogen-bond donors (Lipinski definition) is 4. The van der Waals surface area contributed by atoms with E-state index in [1.54, 1.807) is 6.08 Å². The van der Waals surface area contributed by atoms with Gasteiger partial charge < -0.3 is 20.9 Å². The predicted octanol–water partition coefficient (Wildman–Crippen LogP) is 1.40. The monoisotopic (exact) mass is 358 g/mol. The molecule has 140 valence electrons. The molecule has 1 aliphatic carbocycles. The molecule has 7 heteroatoms. The maximum absolute atomic E-state index is 11.2. The minimum absolute atomic E-state index is 0.0648. The zero-order valence-corrected chi connectivity index (χ0v) is 14.8. The van der Waals surface area contributed by atoms with Crippen LogP contribution in [-0.4, -0.2) is 71.7 Å². The van der Waals surface area contributed by atoms with Crippen LogP contribution in [0, 0.1) is 5.41 Å². The van der Waals surface area contributed by atoms with Gasteiger partial charge in [0.05, 0.1) is 36.7 Å². The molecule has 0 atom stereocenters. The number of anilines is 1. The lowest BCUT2D eigenvalue weighted by atomic mass is 10.0. The molecule has 7 nitrogen and oxygen atoms in total. The van der Waals surface area contributed by atoms with Crippen LogP contribution in [0.2, 0.25) is 0 Å². The first-order chi connectivity index (χ1) is 12.6. The zero-order valence-electron chi connectivity index (χ0n) is 14.8. The molecule has 0 spiro atoms. The molecule has 1 aliphatic rings. The summed E-state index contributed by atoms with van der Waals surface area (Å²) in [5.74, 6) is -0.0648. The quantitative estimate of drug-likeness (QED) is 0.473. The van der Waals surface area contributed by atoms with Crippen LogP contribution in [0.15, 0.2) is 41.4 Å². The van der Waals surface area contributed by atoms with Gasteiger partial charge in [0.1, 0.15) is 0 Å². The lowest BCUT2D eigenvalue weighted by Gasteiger charge is -2.20. The number of carbonyl (C=O) groups excluding carboxylic acids is 1. The van der Waals surface area contributed by atoms with Crippen LogP contribution >= 0.6 is 0 Å². The normalized spacial score (nSPS) is 15.9. The predicted molar refractivity (Wildman–Crippen MR) is 104 cm³/mol. The van der Waals surface area contributed by atoms with Gasteiger partial charge in [-0.25, -0.2) is 4.99 Å². The maximum atomic E-state index is 11.2. The fraction of sp³-hybridized carbons (Fsp3) is 0.421. The number of carbonyl (C=O) groups is 1. The van der Waals surface area contributed by atoms with E-state index in [-0.39, 0.29) is 31.1 Å². The molecule has 0 radical (unpaired) electrons. The summed E-state index contributed by atoms with van der Waals surface area (Å²) in [7, 11) is 0. The van der Waals surface area contributed by atoms with Gasteiger partial charge in [0, 0.05) is 25.3 Å². The number of ketones is 1. The van der Waals surface area contributed by atoms with E-state index in [1.807, 2.05) is 29.2 Å². The highest BCUT2D eigenvalue weighted by Gasteiger charge is 2.13. The highest BCUT2D eigenvalue weighted by atomic mass is 16.3. The Hall–Kier alpha value is -2.35. The zero-order chi connectivity index (χ0) is 18.8. The molecule has 2 rings (SSSR count). The van der Waals surface area contributed by atoms with Crippen LogP contribution in [-0.2, 0) is 4.79 Å². The minimum Gasteiger partial charge on any atom is -0.395 e. The molecular formula is C19H26N4O3. The van der Waals surface area contributed by atoms with Crippen molar-refractivity contribution in [3.05, 3.63) is 36.4 Å². The van der Waals surface area contributed by atoms with Gasteiger partial charge in [-0.3, -0.25) is 9.69 Å². The summed E-state index contributed by atoms with van der Waals surface area (Å²) in [5.41, 5.74) is 2.49. The number of allylic oxidation sites excluding steroid dienone is 2. The fourth-order valence-corrected chi connectivity index (χ4v) is 2.65. The van der Waals surface area contributed by atoms with Gasteiger partial charge in [-0.15, -0.1) is 0 Å². The van der Waals surface area contributed by atoms with E-state index in [1.165, 1.54) is 6.08 Å². The second kappa shape index (κ2) is 10.6. The van der Waals surface area contributed by atoms with Gasteiger partial charge >= 0.3 is 0 Å². The lowest BCUT2D eigenvalue weighted by molar-refractivity contribution is -0.113. The highest BCUT2D eigenvalue weighted by molar-refractivity contribution is 6.50. The van der Waals surface area contributed by atoms with Crippen molar-refractivity contribution >= 4 is 28.6 Å². The first kappa shape index (κ1) is 20.0. The van der Waals surface area contributed by atoms with Crippen LogP contribution in [0.25, 0.3) is 0 Å². The van der Waals surface area contributed by atoms with Gasteiger partial charge in [0.2, 0.25) is 0 Å². The number of hydrogen-bond acceptors (Lipinski definition) is 7. The molecule has 0 fully saturated rings. The molecule has 26 heavy (non-hydrogen) atoms. The number of aliphatic imine (C=N–C) groups is 1. The van der Waals surface area contributed by atoms with Crippen LogP contribution in [0.5, 0.6) is 0 Å². The van der Waals surface area contributed by atoms with Crippen molar-refractivity contribution in [2.24, 2.45) is 4.99 Å². The van der Waals surface area contributed by atoms with Crippen LogP contribution < -0.4 is 5.32 Å². The number of nitrogens with zero attached hydrogens (tertiary/aromatic N) is 2. The molecule has 4 N–H and O–H groups in total. The van der Waals surface area contributed by atoms with Gasteiger partial charge in [0.15, 0.2) is 5.78 Å². The third-order valence-corrected chi connectivity index (χ3v) is 4.02. The number of aliphatic hydroxyl groups is 2. The average molecular weight is 358 g/mol. The Morgan fingerprint density at radius 2 is 1.77 bits per heavy atom. The Morgan fingerprint density at radius 1 is 1.08 bits per heavy atom. The Balaban J connectivity index is 1.81. The SMILES string of the molecule is N=C1CC(=O)C=CC1=Nc1ccc(NCCCN(CCO)CCO)cc1. The molecule has 0 unspecified atom stereocenters. The van der Waals surface area contributed by atoms with Gasteiger partial charge in [-0.05, 0) is 49.4 Å². The number of aliphatic hydroxyl groups excluding tert-OH is 2. The second-order valence-electron chi connectivity index (χ2n) is 6.07. The molecule has 0 bridgehead atoms. The number of rotatable bonds is 10. The molecule has 0 aromatic heterocycles. The third kappa shape index (κ3) is 6.51. The minimum atomic E-state index is -0.0648.